The zero-order chi connectivity index (χ0) is 24.3. The normalized spacial score (nSPS) is 25.9. The van der Waals surface area contributed by atoms with Gasteiger partial charge in [0.25, 0.3) is 0 Å². The van der Waals surface area contributed by atoms with Crippen LogP contribution in [0.3, 0.4) is 0 Å². The zero-order valence-electron chi connectivity index (χ0n) is 19.8. The van der Waals surface area contributed by atoms with Gasteiger partial charge in [0.1, 0.15) is 6.61 Å². The fraction of sp³-hybridized carbons (Fsp3) is 0.345. The Balaban J connectivity index is 1.10. The number of hydrogen-bond donors (Lipinski definition) is 1. The smallest absolute Gasteiger partial charge is 0.410 e. The van der Waals surface area contributed by atoms with Crippen LogP contribution >= 0.6 is 0 Å². The summed E-state index contributed by atoms with van der Waals surface area (Å²) < 4.78 is 22.7. The van der Waals surface area contributed by atoms with Gasteiger partial charge in [0, 0.05) is 18.8 Å². The van der Waals surface area contributed by atoms with Gasteiger partial charge in [-0.2, -0.15) is 0 Å². The van der Waals surface area contributed by atoms with Crippen LogP contribution in [0.15, 0.2) is 66.7 Å². The molecule has 7 heteroatoms. The van der Waals surface area contributed by atoms with Crippen LogP contribution in [0.1, 0.15) is 35.4 Å². The second-order valence-corrected chi connectivity index (χ2v) is 10.1. The predicted octanol–water partition coefficient (Wildman–Crippen LogP) is 4.42. The van der Waals surface area contributed by atoms with Gasteiger partial charge in [0.2, 0.25) is 6.79 Å². The van der Waals surface area contributed by atoms with Gasteiger partial charge in [-0.1, -0.05) is 54.6 Å². The molecule has 36 heavy (non-hydrogen) atoms. The number of morpholine rings is 1. The van der Waals surface area contributed by atoms with Crippen molar-refractivity contribution in [3.63, 3.8) is 0 Å². The number of ether oxygens (including phenoxy) is 4. The molecule has 2 atom stereocenters. The Morgan fingerprint density at radius 2 is 1.56 bits per heavy atom. The van der Waals surface area contributed by atoms with E-state index in [0.717, 1.165) is 5.56 Å². The molecule has 0 aromatic heterocycles. The van der Waals surface area contributed by atoms with Crippen LogP contribution in [0.4, 0.5) is 4.79 Å². The Hall–Kier alpha value is -3.55. The molecule has 2 fully saturated rings. The molecule has 3 heterocycles. The molecule has 0 saturated carbocycles. The van der Waals surface area contributed by atoms with Gasteiger partial charge in [0.05, 0.1) is 30.9 Å². The number of rotatable bonds is 3. The molecule has 7 rings (SSSR count). The number of fused-ring (bicyclic) bond motifs is 6. The molecule has 4 aliphatic rings. The number of amides is 1. The average molecular weight is 486 g/mol. The largest absolute Gasteiger partial charge is 0.454 e. The van der Waals surface area contributed by atoms with Crippen molar-refractivity contribution < 1.29 is 28.8 Å². The lowest BCUT2D eigenvalue weighted by Crippen LogP contribution is -2.62. The van der Waals surface area contributed by atoms with E-state index >= 15 is 0 Å². The molecule has 3 aliphatic heterocycles. The van der Waals surface area contributed by atoms with Crippen LogP contribution < -0.4 is 9.47 Å². The molecule has 7 nitrogen and oxygen atoms in total. The van der Waals surface area contributed by atoms with Gasteiger partial charge in [-0.05, 0) is 39.9 Å². The van der Waals surface area contributed by atoms with E-state index in [2.05, 4.69) is 24.3 Å². The van der Waals surface area contributed by atoms with Gasteiger partial charge in [0.15, 0.2) is 11.5 Å². The second-order valence-electron chi connectivity index (χ2n) is 10.1. The Morgan fingerprint density at radius 3 is 2.25 bits per heavy atom. The van der Waals surface area contributed by atoms with Crippen molar-refractivity contribution in [2.24, 2.45) is 0 Å². The summed E-state index contributed by atoms with van der Waals surface area (Å²) in [6, 6.07) is 21.6. The van der Waals surface area contributed by atoms with Crippen molar-refractivity contribution in [3.8, 4) is 22.6 Å². The zero-order valence-corrected chi connectivity index (χ0v) is 19.8. The van der Waals surface area contributed by atoms with Crippen LogP contribution in [0.2, 0.25) is 0 Å². The maximum Gasteiger partial charge on any atom is 0.410 e. The Labute approximate surface area is 209 Å². The number of aliphatic hydroxyl groups is 1. The highest BCUT2D eigenvalue weighted by Crippen LogP contribution is 2.46. The number of hydrogen-bond acceptors (Lipinski definition) is 6. The maximum atomic E-state index is 13.4. The standard InChI is InChI=1S/C29H27NO6/c31-28(34-16-25-23-7-3-1-5-21(23)22-6-2-4-8-24(22)25)30-19-12-29(32,13-20(30)15-33-14-19)18-9-10-26-27(11-18)36-17-35-26/h1-11,19-20,25,32H,12-17H2. The highest BCUT2D eigenvalue weighted by Gasteiger charge is 2.50. The quantitative estimate of drug-likeness (QED) is 0.592. The molecule has 1 N–H and O–H groups in total. The van der Waals surface area contributed by atoms with Crippen molar-refractivity contribution in [1.29, 1.82) is 0 Å². The molecule has 3 aromatic carbocycles. The summed E-state index contributed by atoms with van der Waals surface area (Å²) in [6.07, 6.45) is 0.392. The number of carbonyl (C=O) groups excluding carboxylic acids is 1. The molecule has 1 aliphatic carbocycles. The number of benzene rings is 3. The van der Waals surface area contributed by atoms with Crippen molar-refractivity contribution in [3.05, 3.63) is 83.4 Å². The van der Waals surface area contributed by atoms with Crippen LogP contribution in [-0.4, -0.2) is 54.8 Å². The highest BCUT2D eigenvalue weighted by atomic mass is 16.7. The van der Waals surface area contributed by atoms with Crippen molar-refractivity contribution in [1.82, 2.24) is 4.90 Å². The summed E-state index contributed by atoms with van der Waals surface area (Å²) in [5.74, 6) is 1.33. The van der Waals surface area contributed by atoms with Gasteiger partial charge in [-0.25, -0.2) is 4.79 Å². The highest BCUT2D eigenvalue weighted by molar-refractivity contribution is 5.79. The first-order chi connectivity index (χ1) is 17.6. The third-order valence-electron chi connectivity index (χ3n) is 8.01. The van der Waals surface area contributed by atoms with Gasteiger partial charge < -0.3 is 24.1 Å². The Kier molecular flexibility index (Phi) is 4.98. The molecular formula is C29H27NO6. The maximum absolute atomic E-state index is 13.4. The summed E-state index contributed by atoms with van der Waals surface area (Å²) in [4.78, 5) is 15.2. The summed E-state index contributed by atoms with van der Waals surface area (Å²) in [5.41, 5.74) is 4.46. The summed E-state index contributed by atoms with van der Waals surface area (Å²) in [6.45, 7) is 1.20. The minimum absolute atomic E-state index is 0.00722. The van der Waals surface area contributed by atoms with E-state index in [0.29, 0.717) is 37.6 Å². The van der Waals surface area contributed by atoms with Crippen molar-refractivity contribution >= 4 is 6.09 Å². The molecule has 2 bridgehead atoms. The Morgan fingerprint density at radius 1 is 0.917 bits per heavy atom. The van der Waals surface area contributed by atoms with Crippen LogP contribution in [-0.2, 0) is 15.1 Å². The number of nitrogens with zero attached hydrogens (tertiary/aromatic N) is 1. The van der Waals surface area contributed by atoms with Crippen LogP contribution in [0.25, 0.3) is 11.1 Å². The SMILES string of the molecule is O=C(OCC1c2ccccc2-c2ccccc21)N1C2COCC1CC(O)(c1ccc3c(c1)OCO3)C2. The molecule has 184 valence electrons. The predicted molar refractivity (Wildman–Crippen MR) is 131 cm³/mol. The Bertz CT molecular complexity index is 1280. The van der Waals surface area contributed by atoms with Gasteiger partial charge in [-0.15, -0.1) is 0 Å². The first-order valence-electron chi connectivity index (χ1n) is 12.4. The molecule has 2 unspecified atom stereocenters. The van der Waals surface area contributed by atoms with E-state index in [1.165, 1.54) is 22.3 Å². The van der Waals surface area contributed by atoms with E-state index in [9.17, 15) is 9.90 Å². The second kappa shape index (κ2) is 8.25. The summed E-state index contributed by atoms with van der Waals surface area (Å²) in [5, 5.41) is 11.7. The fourth-order valence-corrected chi connectivity index (χ4v) is 6.36. The summed E-state index contributed by atoms with van der Waals surface area (Å²) in [7, 11) is 0. The van der Waals surface area contributed by atoms with Crippen molar-refractivity contribution in [2.75, 3.05) is 26.6 Å². The lowest BCUT2D eigenvalue weighted by atomic mass is 9.77. The van der Waals surface area contributed by atoms with Crippen LogP contribution in [0, 0.1) is 0 Å². The number of carbonyl (C=O) groups is 1. The summed E-state index contributed by atoms with van der Waals surface area (Å²) >= 11 is 0. The average Bonchev–Trinajstić information content (AvgIpc) is 3.49. The minimum atomic E-state index is -1.08. The lowest BCUT2D eigenvalue weighted by Gasteiger charge is -2.51. The third-order valence-corrected chi connectivity index (χ3v) is 8.01. The first-order valence-corrected chi connectivity index (χ1v) is 12.4. The molecule has 0 radical (unpaired) electrons. The first kappa shape index (κ1) is 21.7. The van der Waals surface area contributed by atoms with Gasteiger partial charge >= 0.3 is 6.09 Å². The molecular weight excluding hydrogens is 458 g/mol. The van der Waals surface area contributed by atoms with Crippen molar-refractivity contribution in [2.45, 2.75) is 36.4 Å². The van der Waals surface area contributed by atoms with E-state index < -0.39 is 5.60 Å². The van der Waals surface area contributed by atoms with E-state index in [1.807, 2.05) is 42.5 Å². The monoisotopic (exact) mass is 485 g/mol. The van der Waals surface area contributed by atoms with E-state index in [1.54, 1.807) is 4.90 Å². The fourth-order valence-electron chi connectivity index (χ4n) is 6.36. The topological polar surface area (TPSA) is 77.5 Å². The van der Waals surface area contributed by atoms with Gasteiger partial charge in [-0.3, -0.25) is 4.90 Å². The van der Waals surface area contributed by atoms with E-state index in [4.69, 9.17) is 18.9 Å². The molecule has 2 saturated heterocycles. The molecule has 1 amide bonds. The molecule has 0 spiro atoms. The minimum Gasteiger partial charge on any atom is -0.454 e. The third kappa shape index (κ3) is 3.38. The number of piperidine rings is 1. The lowest BCUT2D eigenvalue weighted by molar-refractivity contribution is -0.136. The van der Waals surface area contributed by atoms with Crippen LogP contribution in [0.5, 0.6) is 11.5 Å². The molecule has 3 aromatic rings. The van der Waals surface area contributed by atoms with E-state index in [-0.39, 0.29) is 37.5 Å².